The van der Waals surface area contributed by atoms with Crippen LogP contribution in [0.2, 0.25) is 0 Å². The van der Waals surface area contributed by atoms with Crippen LogP contribution in [0.15, 0.2) is 123 Å². The number of fused-ring (bicyclic) bond motifs is 4. The van der Waals surface area contributed by atoms with E-state index in [0.29, 0.717) is 5.56 Å². The Labute approximate surface area is 294 Å². The molecule has 0 radical (unpaired) electrons. The number of benzene rings is 5. The molecule has 0 saturated heterocycles. The maximum absolute atomic E-state index is 11.2. The Morgan fingerprint density at radius 2 is 0.917 bits per heavy atom. The molecule has 0 aromatic heterocycles. The molecule has 0 bridgehead atoms. The van der Waals surface area contributed by atoms with E-state index in [1.807, 2.05) is 47.8 Å². The quantitative estimate of drug-likeness (QED) is 0.0918. The van der Waals surface area contributed by atoms with Gasteiger partial charge < -0.3 is 9.80 Å². The molecule has 48 heavy (non-hydrogen) atoms. The first kappa shape index (κ1) is 32.6. The summed E-state index contributed by atoms with van der Waals surface area (Å²) >= 11 is 3.78. The van der Waals surface area contributed by atoms with E-state index >= 15 is 0 Å². The molecule has 2 aliphatic rings. The van der Waals surface area contributed by atoms with Crippen molar-refractivity contribution in [2.45, 2.75) is 84.8 Å². The highest BCUT2D eigenvalue weighted by molar-refractivity contribution is 8.00. The van der Waals surface area contributed by atoms with Crippen LogP contribution in [0.4, 0.5) is 22.7 Å². The van der Waals surface area contributed by atoms with Gasteiger partial charge >= 0.3 is 0 Å². The van der Waals surface area contributed by atoms with E-state index < -0.39 is 0 Å². The van der Waals surface area contributed by atoms with Gasteiger partial charge in [0.15, 0.2) is 0 Å². The summed E-state index contributed by atoms with van der Waals surface area (Å²) in [6.45, 7) is 6.61. The average Bonchev–Trinajstić information content (AvgIpc) is 3.13. The number of carbonyl (C=O) groups is 1. The standard InChI is InChI=1S/C43H44N2OS2/c1-3-5-7-11-25-44-36-13-9-10-14-40(36)47-41-28-34(20-23-37(41)44)35-21-24-39-43(29-35)48-42-27-33(32-17-15-31(30-46)16-18-32)19-22-38(42)45(39)26-12-8-6-4-2/h9-10,13-24,27-30H,3-8,11-12,25-26H2,1-2H3. The van der Waals surface area contributed by atoms with E-state index in [2.05, 4.69) is 103 Å². The predicted octanol–water partition coefficient (Wildman–Crippen LogP) is 13.2. The monoisotopic (exact) mass is 668 g/mol. The third-order valence-corrected chi connectivity index (χ3v) is 11.7. The van der Waals surface area contributed by atoms with Crippen molar-refractivity contribution in [2.24, 2.45) is 0 Å². The van der Waals surface area contributed by atoms with Gasteiger partial charge in [0.2, 0.25) is 0 Å². The Morgan fingerprint density at radius 1 is 0.479 bits per heavy atom. The molecule has 0 saturated carbocycles. The summed E-state index contributed by atoms with van der Waals surface area (Å²) in [6, 6.07) is 37.7. The molecule has 0 unspecified atom stereocenters. The molecule has 2 aliphatic heterocycles. The van der Waals surface area contributed by atoms with Gasteiger partial charge in [0, 0.05) is 38.2 Å². The number of nitrogens with zero attached hydrogens (tertiary/aromatic N) is 2. The van der Waals surface area contributed by atoms with Crippen LogP contribution < -0.4 is 9.80 Å². The molecule has 0 amide bonds. The first-order chi connectivity index (χ1) is 23.7. The number of unbranched alkanes of at least 4 members (excludes halogenated alkanes) is 6. The number of rotatable bonds is 13. The number of aldehydes is 1. The molecule has 5 aromatic rings. The van der Waals surface area contributed by atoms with Crippen molar-refractivity contribution in [3.63, 3.8) is 0 Å². The van der Waals surface area contributed by atoms with Gasteiger partial charge in [-0.1, -0.05) is 130 Å². The van der Waals surface area contributed by atoms with Crippen molar-refractivity contribution < 1.29 is 4.79 Å². The molecule has 244 valence electrons. The van der Waals surface area contributed by atoms with Gasteiger partial charge in [-0.25, -0.2) is 0 Å². The number of hydrogen-bond donors (Lipinski definition) is 0. The number of para-hydroxylation sites is 1. The molecule has 5 heteroatoms. The molecule has 3 nitrogen and oxygen atoms in total. The zero-order chi connectivity index (χ0) is 32.9. The fourth-order valence-electron chi connectivity index (χ4n) is 6.89. The molecule has 0 aliphatic carbocycles. The minimum absolute atomic E-state index is 0.704. The third kappa shape index (κ3) is 6.81. The highest BCUT2D eigenvalue weighted by Gasteiger charge is 2.26. The average molecular weight is 669 g/mol. The van der Waals surface area contributed by atoms with E-state index in [1.54, 1.807) is 0 Å². The molecule has 0 fully saturated rings. The summed E-state index contributed by atoms with van der Waals surface area (Å²) in [6.07, 6.45) is 10.9. The maximum atomic E-state index is 11.2. The lowest BCUT2D eigenvalue weighted by atomic mass is 10.0. The van der Waals surface area contributed by atoms with Crippen molar-refractivity contribution >= 4 is 52.6 Å². The molecule has 0 spiro atoms. The van der Waals surface area contributed by atoms with Crippen LogP contribution in [0.1, 0.15) is 75.6 Å². The van der Waals surface area contributed by atoms with Crippen LogP contribution in [0.3, 0.4) is 0 Å². The molecule has 2 heterocycles. The van der Waals surface area contributed by atoms with E-state index in [1.165, 1.54) is 110 Å². The van der Waals surface area contributed by atoms with E-state index in [9.17, 15) is 4.79 Å². The summed E-state index contributed by atoms with van der Waals surface area (Å²) in [5.74, 6) is 0. The zero-order valence-electron chi connectivity index (χ0n) is 28.1. The minimum atomic E-state index is 0.704. The summed E-state index contributed by atoms with van der Waals surface area (Å²) in [7, 11) is 0. The Morgan fingerprint density at radius 3 is 1.42 bits per heavy atom. The van der Waals surface area contributed by atoms with Gasteiger partial charge in [0.25, 0.3) is 0 Å². The lowest BCUT2D eigenvalue weighted by Gasteiger charge is -2.34. The van der Waals surface area contributed by atoms with Gasteiger partial charge in [0.1, 0.15) is 6.29 Å². The number of carbonyl (C=O) groups excluding carboxylic acids is 1. The molecule has 5 aromatic carbocycles. The highest BCUT2D eigenvalue weighted by atomic mass is 32.2. The normalized spacial score (nSPS) is 13.0. The Hall–Kier alpha value is -3.93. The minimum Gasteiger partial charge on any atom is -0.340 e. The van der Waals surface area contributed by atoms with Gasteiger partial charge in [-0.05, 0) is 83.6 Å². The van der Waals surface area contributed by atoms with Crippen molar-refractivity contribution in [3.8, 4) is 22.3 Å². The lowest BCUT2D eigenvalue weighted by molar-refractivity contribution is 0.112. The predicted molar refractivity (Wildman–Crippen MR) is 206 cm³/mol. The van der Waals surface area contributed by atoms with Crippen LogP contribution in [-0.2, 0) is 0 Å². The first-order valence-corrected chi connectivity index (χ1v) is 19.3. The lowest BCUT2D eigenvalue weighted by Crippen LogP contribution is -2.22. The molecule has 0 atom stereocenters. The summed E-state index contributed by atoms with van der Waals surface area (Å²) in [4.78, 5) is 21.6. The topological polar surface area (TPSA) is 23.6 Å². The second-order valence-electron chi connectivity index (χ2n) is 12.9. The molecule has 7 rings (SSSR count). The van der Waals surface area contributed by atoms with Crippen LogP contribution in [0.5, 0.6) is 0 Å². The second kappa shape index (κ2) is 15.1. The van der Waals surface area contributed by atoms with E-state index in [0.717, 1.165) is 24.9 Å². The molecular weight excluding hydrogens is 625 g/mol. The summed E-state index contributed by atoms with van der Waals surface area (Å²) < 4.78 is 0. The molecule has 0 N–H and O–H groups in total. The van der Waals surface area contributed by atoms with E-state index in [4.69, 9.17) is 0 Å². The largest absolute Gasteiger partial charge is 0.340 e. The van der Waals surface area contributed by atoms with Gasteiger partial charge in [-0.3, -0.25) is 4.79 Å². The van der Waals surface area contributed by atoms with E-state index in [-0.39, 0.29) is 0 Å². The van der Waals surface area contributed by atoms with Gasteiger partial charge in [-0.15, -0.1) is 0 Å². The Balaban J connectivity index is 1.21. The second-order valence-corrected chi connectivity index (χ2v) is 15.1. The van der Waals surface area contributed by atoms with Crippen LogP contribution in [-0.4, -0.2) is 19.4 Å². The van der Waals surface area contributed by atoms with Crippen molar-refractivity contribution in [1.82, 2.24) is 0 Å². The number of hydrogen-bond acceptors (Lipinski definition) is 5. The Bertz CT molecular complexity index is 1900. The van der Waals surface area contributed by atoms with Crippen LogP contribution >= 0.6 is 23.5 Å². The zero-order valence-corrected chi connectivity index (χ0v) is 29.7. The molecular formula is C43H44N2OS2. The third-order valence-electron chi connectivity index (χ3n) is 9.53. The van der Waals surface area contributed by atoms with Crippen molar-refractivity contribution in [1.29, 1.82) is 0 Å². The smallest absolute Gasteiger partial charge is 0.150 e. The first-order valence-electron chi connectivity index (χ1n) is 17.6. The fraction of sp³-hybridized carbons (Fsp3) is 0.279. The fourth-order valence-corrected chi connectivity index (χ4v) is 9.20. The SMILES string of the molecule is CCCCCCN1c2ccccc2Sc2cc(-c3ccc4c(c3)Sc3cc(-c5ccc(C=O)cc5)ccc3N4CCCCCC)ccc21. The summed E-state index contributed by atoms with van der Waals surface area (Å²) in [5, 5.41) is 0. The Kier molecular flexibility index (Phi) is 10.3. The van der Waals surface area contributed by atoms with Crippen molar-refractivity contribution in [2.75, 3.05) is 22.9 Å². The van der Waals surface area contributed by atoms with Gasteiger partial charge in [-0.2, -0.15) is 0 Å². The van der Waals surface area contributed by atoms with Crippen molar-refractivity contribution in [3.05, 3.63) is 109 Å². The maximum Gasteiger partial charge on any atom is 0.150 e. The highest BCUT2D eigenvalue weighted by Crippen LogP contribution is 2.52. The number of anilines is 4. The van der Waals surface area contributed by atoms with Crippen LogP contribution in [0, 0.1) is 0 Å². The van der Waals surface area contributed by atoms with Crippen LogP contribution in [0.25, 0.3) is 22.3 Å². The summed E-state index contributed by atoms with van der Waals surface area (Å²) in [5.41, 5.74) is 10.8. The van der Waals surface area contributed by atoms with Gasteiger partial charge in [0.05, 0.1) is 22.7 Å².